The Bertz CT molecular complexity index is 2120. The van der Waals surface area contributed by atoms with Gasteiger partial charge in [0.1, 0.15) is 30.5 Å². The number of fused-ring (bicyclic) bond motifs is 2. The van der Waals surface area contributed by atoms with Gasteiger partial charge in [0, 0.05) is 55.9 Å². The molecule has 1 unspecified atom stereocenters. The molecule has 56 heavy (non-hydrogen) atoms. The highest BCUT2D eigenvalue weighted by molar-refractivity contribution is 6.23. The van der Waals surface area contributed by atoms with Gasteiger partial charge in [-0.05, 0) is 67.1 Å². The van der Waals surface area contributed by atoms with Gasteiger partial charge in [-0.25, -0.2) is 9.97 Å². The number of carbonyl (C=O) groups excluding carboxylic acids is 4. The van der Waals surface area contributed by atoms with Gasteiger partial charge >= 0.3 is 0 Å². The number of imide groups is 2. The molecule has 290 valence electrons. The van der Waals surface area contributed by atoms with Gasteiger partial charge in [-0.15, -0.1) is 0 Å². The van der Waals surface area contributed by atoms with Gasteiger partial charge in [0.05, 0.1) is 67.9 Å². The highest BCUT2D eigenvalue weighted by atomic mass is 16.6. The van der Waals surface area contributed by atoms with E-state index in [0.717, 1.165) is 59.9 Å². The molecular formula is C40H42N8O8. The van der Waals surface area contributed by atoms with E-state index in [9.17, 15) is 24.4 Å². The summed E-state index contributed by atoms with van der Waals surface area (Å²) < 4.78 is 22.7. The zero-order valence-corrected chi connectivity index (χ0v) is 30.8. The average Bonchev–Trinajstić information content (AvgIpc) is 3.46. The zero-order valence-electron chi connectivity index (χ0n) is 30.8. The lowest BCUT2D eigenvalue weighted by Gasteiger charge is -2.36. The van der Waals surface area contributed by atoms with E-state index in [1.54, 1.807) is 18.2 Å². The summed E-state index contributed by atoms with van der Waals surface area (Å²) in [6.45, 7) is 7.51. The minimum Gasteiger partial charge on any atom is -0.491 e. The van der Waals surface area contributed by atoms with E-state index in [0.29, 0.717) is 56.8 Å². The Morgan fingerprint density at radius 2 is 1.50 bits per heavy atom. The summed E-state index contributed by atoms with van der Waals surface area (Å²) in [4.78, 5) is 63.9. The topological polar surface area (TPSA) is 189 Å². The molecule has 0 aliphatic carbocycles. The summed E-state index contributed by atoms with van der Waals surface area (Å²) in [6, 6.07) is 19.4. The first-order valence-corrected chi connectivity index (χ1v) is 18.6. The van der Waals surface area contributed by atoms with E-state index >= 15 is 0 Å². The number of piperazine rings is 1. The van der Waals surface area contributed by atoms with Crippen LogP contribution in [-0.2, 0) is 23.8 Å². The number of rotatable bonds is 17. The first-order valence-electron chi connectivity index (χ1n) is 18.6. The molecule has 4 heterocycles. The molecule has 0 spiro atoms. The van der Waals surface area contributed by atoms with Crippen LogP contribution in [0.3, 0.4) is 0 Å². The maximum atomic E-state index is 13.0. The van der Waals surface area contributed by atoms with Crippen molar-refractivity contribution in [3.63, 3.8) is 0 Å². The first kappa shape index (κ1) is 38.3. The van der Waals surface area contributed by atoms with Crippen molar-refractivity contribution < 1.29 is 38.1 Å². The quantitative estimate of drug-likeness (QED) is 0.118. The number of amides is 4. The van der Waals surface area contributed by atoms with Crippen LogP contribution in [-0.4, -0.2) is 128 Å². The summed E-state index contributed by atoms with van der Waals surface area (Å²) in [5.41, 5.74) is 3.77. The Hall–Kier alpha value is -5.99. The molecule has 2 fully saturated rings. The lowest BCUT2D eigenvalue weighted by molar-refractivity contribution is -0.136. The molecule has 16 nitrogen and oxygen atoms in total. The summed E-state index contributed by atoms with van der Waals surface area (Å²) in [6.07, 6.45) is 1.68. The average molecular weight is 763 g/mol. The second-order valence-corrected chi connectivity index (χ2v) is 13.4. The minimum atomic E-state index is -1.01. The van der Waals surface area contributed by atoms with E-state index in [4.69, 9.17) is 18.9 Å². The highest BCUT2D eigenvalue weighted by Gasteiger charge is 2.44. The van der Waals surface area contributed by atoms with Gasteiger partial charge in [0.2, 0.25) is 11.8 Å². The summed E-state index contributed by atoms with van der Waals surface area (Å²) in [7, 11) is 0. The fourth-order valence-electron chi connectivity index (χ4n) is 6.84. The maximum Gasteiger partial charge on any atom is 0.262 e. The van der Waals surface area contributed by atoms with E-state index in [2.05, 4.69) is 48.6 Å². The molecule has 1 atom stereocenters. The van der Waals surface area contributed by atoms with E-state index in [1.165, 1.54) is 18.5 Å². The van der Waals surface area contributed by atoms with Crippen LogP contribution >= 0.6 is 0 Å². The Kier molecular flexibility index (Phi) is 12.4. The largest absolute Gasteiger partial charge is 0.491 e. The lowest BCUT2D eigenvalue weighted by atomic mass is 10.0. The number of carbonyl (C=O) groups is 4. The predicted octanol–water partition coefficient (Wildman–Crippen LogP) is 2.90. The van der Waals surface area contributed by atoms with Crippen LogP contribution in [0.4, 0.5) is 17.2 Å². The number of aromatic nitrogens is 2. The SMILES string of the molecule is N#Cc1ccc2ncnc(Nc3ccc(N4CCN(CCOCCOCCOCCOc5ccc6c(c5)C(=O)N(C5CCC(=O)NC5=O)C6=O)CC4)cc3)c2c1. The number of nitriles is 1. The summed E-state index contributed by atoms with van der Waals surface area (Å²) in [5, 5.41) is 15.6. The van der Waals surface area contributed by atoms with Gasteiger partial charge in [-0.2, -0.15) is 5.26 Å². The second kappa shape index (κ2) is 18.1. The molecule has 0 bridgehead atoms. The zero-order chi connectivity index (χ0) is 38.9. The number of hydrogen-bond acceptors (Lipinski definition) is 14. The molecule has 3 aliphatic heterocycles. The molecule has 7 rings (SSSR count). The first-order chi connectivity index (χ1) is 27.4. The molecule has 4 aromatic rings. The molecule has 4 amide bonds. The molecule has 2 saturated heterocycles. The third-order valence-corrected chi connectivity index (χ3v) is 9.84. The number of nitrogens with zero attached hydrogens (tertiary/aromatic N) is 6. The Morgan fingerprint density at radius 3 is 2.23 bits per heavy atom. The van der Waals surface area contributed by atoms with Crippen LogP contribution in [0.15, 0.2) is 67.0 Å². The van der Waals surface area contributed by atoms with Crippen LogP contribution in [0.1, 0.15) is 39.1 Å². The second-order valence-electron chi connectivity index (χ2n) is 13.4. The molecule has 0 saturated carbocycles. The fraction of sp³-hybridized carbons (Fsp3) is 0.375. The van der Waals surface area contributed by atoms with Gasteiger partial charge in [-0.3, -0.25) is 34.3 Å². The van der Waals surface area contributed by atoms with Crippen molar-refractivity contribution in [1.82, 2.24) is 25.1 Å². The number of nitrogens with one attached hydrogen (secondary N) is 2. The fourth-order valence-corrected chi connectivity index (χ4v) is 6.84. The molecule has 0 radical (unpaired) electrons. The van der Waals surface area contributed by atoms with Crippen molar-refractivity contribution in [3.8, 4) is 11.8 Å². The number of piperidine rings is 1. The number of anilines is 3. The van der Waals surface area contributed by atoms with Crippen molar-refractivity contribution >= 4 is 51.7 Å². The molecule has 3 aliphatic rings. The monoisotopic (exact) mass is 762 g/mol. The van der Waals surface area contributed by atoms with Crippen LogP contribution in [0.5, 0.6) is 5.75 Å². The van der Waals surface area contributed by atoms with Crippen molar-refractivity contribution in [2.75, 3.05) is 89.2 Å². The Balaban J connectivity index is 0.713. The van der Waals surface area contributed by atoms with E-state index in [-0.39, 0.29) is 30.6 Å². The maximum absolute atomic E-state index is 13.0. The van der Waals surface area contributed by atoms with Crippen LogP contribution in [0.25, 0.3) is 10.9 Å². The normalized spacial score (nSPS) is 17.2. The summed E-state index contributed by atoms with van der Waals surface area (Å²) >= 11 is 0. The van der Waals surface area contributed by atoms with Crippen molar-refractivity contribution in [2.24, 2.45) is 0 Å². The molecule has 3 aromatic carbocycles. The Morgan fingerprint density at radius 1 is 0.786 bits per heavy atom. The number of benzene rings is 3. The highest BCUT2D eigenvalue weighted by Crippen LogP contribution is 2.30. The summed E-state index contributed by atoms with van der Waals surface area (Å²) in [5.74, 6) is -1.14. The van der Waals surface area contributed by atoms with Crippen molar-refractivity contribution in [3.05, 3.63) is 83.7 Å². The van der Waals surface area contributed by atoms with E-state index in [1.807, 2.05) is 18.2 Å². The lowest BCUT2D eigenvalue weighted by Crippen LogP contribution is -2.54. The van der Waals surface area contributed by atoms with Crippen molar-refractivity contribution in [2.45, 2.75) is 18.9 Å². The smallest absolute Gasteiger partial charge is 0.262 e. The van der Waals surface area contributed by atoms with E-state index < -0.39 is 29.7 Å². The van der Waals surface area contributed by atoms with Crippen molar-refractivity contribution in [1.29, 1.82) is 5.26 Å². The molecular weight excluding hydrogens is 720 g/mol. The molecule has 1 aromatic heterocycles. The predicted molar refractivity (Wildman–Crippen MR) is 204 cm³/mol. The van der Waals surface area contributed by atoms with Gasteiger partial charge in [0.25, 0.3) is 11.8 Å². The Labute approximate surface area is 323 Å². The standard InChI is InChI=1S/C40H42N8O8/c41-25-27-1-8-34-33(23-27)37(43-26-42-34)44-28-2-4-29(5-3-28)47-13-11-46(12-14-47)15-16-53-17-18-54-19-20-55-21-22-56-30-6-7-31-32(24-30)40(52)48(39(31)51)35-9-10-36(49)45-38(35)50/h1-8,23-24,26,35H,9-22H2,(H,42,43,44)(H,45,49,50). The molecule has 2 N–H and O–H groups in total. The van der Waals surface area contributed by atoms with Crippen LogP contribution in [0.2, 0.25) is 0 Å². The minimum absolute atomic E-state index is 0.0638. The number of hydrogen-bond donors (Lipinski definition) is 2. The number of ether oxygens (including phenoxy) is 4. The van der Waals surface area contributed by atoms with Gasteiger partial charge in [-0.1, -0.05) is 0 Å². The third-order valence-electron chi connectivity index (χ3n) is 9.84. The third kappa shape index (κ3) is 9.09. The van der Waals surface area contributed by atoms with Crippen LogP contribution in [0, 0.1) is 11.3 Å². The van der Waals surface area contributed by atoms with Gasteiger partial charge in [0.15, 0.2) is 0 Å². The van der Waals surface area contributed by atoms with Crippen LogP contribution < -0.4 is 20.3 Å². The van der Waals surface area contributed by atoms with Gasteiger partial charge < -0.3 is 29.2 Å². The molecule has 16 heteroatoms.